The molecular formula is C24H21N3O4. The minimum Gasteiger partial charge on any atom is -0.497 e. The molecule has 0 bridgehead atoms. The summed E-state index contributed by atoms with van der Waals surface area (Å²) in [5.74, 6) is 0.503. The number of furan rings is 1. The maximum atomic E-state index is 12.5. The number of fused-ring (bicyclic) bond motifs is 1. The van der Waals surface area contributed by atoms with Crippen LogP contribution in [0.2, 0.25) is 0 Å². The average molecular weight is 415 g/mol. The molecule has 0 aliphatic rings. The van der Waals surface area contributed by atoms with Crippen molar-refractivity contribution < 1.29 is 18.7 Å². The molecule has 0 fully saturated rings. The summed E-state index contributed by atoms with van der Waals surface area (Å²) in [4.78, 5) is 24.7. The number of hydrogen-bond donors (Lipinski definition) is 3. The van der Waals surface area contributed by atoms with Crippen molar-refractivity contribution in [2.24, 2.45) is 0 Å². The van der Waals surface area contributed by atoms with E-state index in [1.165, 1.54) is 0 Å². The zero-order chi connectivity index (χ0) is 21.6. The van der Waals surface area contributed by atoms with Gasteiger partial charge in [-0.3, -0.25) is 4.79 Å². The molecule has 3 N–H and O–H groups in total. The highest BCUT2D eigenvalue weighted by molar-refractivity contribution is 6.01. The van der Waals surface area contributed by atoms with Crippen LogP contribution in [0.25, 0.3) is 11.0 Å². The molecule has 0 spiro atoms. The third-order valence-corrected chi connectivity index (χ3v) is 4.65. The van der Waals surface area contributed by atoms with Crippen molar-refractivity contribution >= 4 is 40.0 Å². The first-order chi connectivity index (χ1) is 15.1. The van der Waals surface area contributed by atoms with Crippen LogP contribution in [0.1, 0.15) is 5.56 Å². The zero-order valence-electron chi connectivity index (χ0n) is 16.8. The fourth-order valence-electron chi connectivity index (χ4n) is 3.20. The minimum absolute atomic E-state index is 0.158. The Morgan fingerprint density at radius 1 is 0.839 bits per heavy atom. The SMILES string of the molecule is COc1ccc2c(CC(=O)Nc3cccc(NC(=O)Nc4ccccc4)c3)coc2c1. The molecule has 0 atom stereocenters. The third kappa shape index (κ3) is 5.02. The first kappa shape index (κ1) is 20.0. The molecule has 156 valence electrons. The van der Waals surface area contributed by atoms with Crippen LogP contribution in [-0.4, -0.2) is 19.0 Å². The van der Waals surface area contributed by atoms with Gasteiger partial charge in [0, 0.05) is 34.1 Å². The lowest BCUT2D eigenvalue weighted by atomic mass is 10.1. The normalized spacial score (nSPS) is 10.5. The number of methoxy groups -OCH3 is 1. The van der Waals surface area contributed by atoms with Gasteiger partial charge < -0.3 is 25.1 Å². The Balaban J connectivity index is 1.38. The standard InChI is InChI=1S/C24H21N3O4/c1-30-20-10-11-21-16(15-31-22(21)14-20)12-23(28)25-18-8-5-9-19(13-18)27-24(29)26-17-6-3-2-4-7-17/h2-11,13-15H,12H2,1H3,(H,25,28)(H2,26,27,29). The van der Waals surface area contributed by atoms with Gasteiger partial charge >= 0.3 is 6.03 Å². The summed E-state index contributed by atoms with van der Waals surface area (Å²) < 4.78 is 10.7. The summed E-state index contributed by atoms with van der Waals surface area (Å²) in [6, 6.07) is 21.2. The van der Waals surface area contributed by atoms with Gasteiger partial charge in [-0.05, 0) is 42.5 Å². The molecule has 0 saturated carbocycles. The van der Waals surface area contributed by atoms with Crippen LogP contribution in [-0.2, 0) is 11.2 Å². The topological polar surface area (TPSA) is 92.6 Å². The lowest BCUT2D eigenvalue weighted by Gasteiger charge is -2.10. The van der Waals surface area contributed by atoms with Crippen LogP contribution in [0.15, 0.2) is 83.5 Å². The summed E-state index contributed by atoms with van der Waals surface area (Å²) in [6.07, 6.45) is 1.74. The molecule has 0 unspecified atom stereocenters. The first-order valence-electron chi connectivity index (χ1n) is 9.68. The van der Waals surface area contributed by atoms with Crippen LogP contribution >= 0.6 is 0 Å². The molecule has 1 heterocycles. The Bertz CT molecular complexity index is 1220. The van der Waals surface area contributed by atoms with Crippen molar-refractivity contribution in [2.75, 3.05) is 23.1 Å². The van der Waals surface area contributed by atoms with Crippen LogP contribution in [0.4, 0.5) is 21.9 Å². The Morgan fingerprint density at radius 2 is 1.55 bits per heavy atom. The highest BCUT2D eigenvalue weighted by Crippen LogP contribution is 2.26. The van der Waals surface area contributed by atoms with E-state index in [-0.39, 0.29) is 18.4 Å². The van der Waals surface area contributed by atoms with E-state index in [9.17, 15) is 9.59 Å². The molecule has 7 heteroatoms. The van der Waals surface area contributed by atoms with E-state index in [1.54, 1.807) is 55.8 Å². The van der Waals surface area contributed by atoms with Gasteiger partial charge in [0.2, 0.25) is 5.91 Å². The van der Waals surface area contributed by atoms with E-state index in [1.807, 2.05) is 30.3 Å². The summed E-state index contributed by atoms with van der Waals surface area (Å²) in [6.45, 7) is 0. The van der Waals surface area contributed by atoms with Crippen LogP contribution in [0.3, 0.4) is 0 Å². The second-order valence-electron chi connectivity index (χ2n) is 6.87. The first-order valence-corrected chi connectivity index (χ1v) is 9.68. The van der Waals surface area contributed by atoms with E-state index in [0.29, 0.717) is 28.4 Å². The van der Waals surface area contributed by atoms with Gasteiger partial charge in [-0.15, -0.1) is 0 Å². The van der Waals surface area contributed by atoms with E-state index in [0.717, 1.165) is 10.9 Å². The molecule has 4 aromatic rings. The molecule has 0 radical (unpaired) electrons. The van der Waals surface area contributed by atoms with E-state index in [4.69, 9.17) is 9.15 Å². The second kappa shape index (κ2) is 9.04. The maximum Gasteiger partial charge on any atom is 0.323 e. The number of benzene rings is 3. The minimum atomic E-state index is -0.366. The molecule has 0 saturated heterocycles. The van der Waals surface area contributed by atoms with E-state index < -0.39 is 0 Å². The van der Waals surface area contributed by atoms with Crippen molar-refractivity contribution in [3.8, 4) is 5.75 Å². The van der Waals surface area contributed by atoms with Crippen molar-refractivity contribution in [3.63, 3.8) is 0 Å². The van der Waals surface area contributed by atoms with Crippen molar-refractivity contribution in [1.29, 1.82) is 0 Å². The van der Waals surface area contributed by atoms with Crippen LogP contribution in [0, 0.1) is 0 Å². The number of ether oxygens (including phenoxy) is 1. The number of carbonyl (C=O) groups is 2. The Kier molecular flexibility index (Phi) is 5.84. The number of nitrogens with one attached hydrogen (secondary N) is 3. The van der Waals surface area contributed by atoms with E-state index in [2.05, 4.69) is 16.0 Å². The lowest BCUT2D eigenvalue weighted by Crippen LogP contribution is -2.19. The number of amides is 3. The van der Waals surface area contributed by atoms with Crippen molar-refractivity contribution in [1.82, 2.24) is 0 Å². The van der Waals surface area contributed by atoms with E-state index >= 15 is 0 Å². The third-order valence-electron chi connectivity index (χ3n) is 4.65. The fourth-order valence-corrected chi connectivity index (χ4v) is 3.20. The highest BCUT2D eigenvalue weighted by Gasteiger charge is 2.12. The molecule has 4 rings (SSSR count). The Hall–Kier alpha value is -4.26. The molecule has 3 aromatic carbocycles. The molecule has 0 aliphatic carbocycles. The number of anilines is 3. The number of rotatable bonds is 6. The molecular weight excluding hydrogens is 394 g/mol. The molecule has 1 aromatic heterocycles. The molecule has 0 aliphatic heterocycles. The van der Waals surface area contributed by atoms with Crippen LogP contribution < -0.4 is 20.7 Å². The quantitative estimate of drug-likeness (QED) is 0.400. The number of carbonyl (C=O) groups excluding carboxylic acids is 2. The predicted octanol–water partition coefficient (Wildman–Crippen LogP) is 5.27. The molecule has 3 amide bonds. The largest absolute Gasteiger partial charge is 0.497 e. The average Bonchev–Trinajstić information content (AvgIpc) is 3.16. The monoisotopic (exact) mass is 415 g/mol. The van der Waals surface area contributed by atoms with Gasteiger partial charge in [-0.25, -0.2) is 4.79 Å². The molecule has 7 nitrogen and oxygen atoms in total. The summed E-state index contributed by atoms with van der Waals surface area (Å²) in [7, 11) is 1.59. The summed E-state index contributed by atoms with van der Waals surface area (Å²) in [5.41, 5.74) is 3.28. The predicted molar refractivity (Wildman–Crippen MR) is 121 cm³/mol. The fraction of sp³-hybridized carbons (Fsp3) is 0.0833. The smallest absolute Gasteiger partial charge is 0.323 e. The van der Waals surface area contributed by atoms with Crippen molar-refractivity contribution in [3.05, 3.63) is 84.6 Å². The summed E-state index contributed by atoms with van der Waals surface area (Å²) >= 11 is 0. The highest BCUT2D eigenvalue weighted by atomic mass is 16.5. The zero-order valence-corrected chi connectivity index (χ0v) is 16.8. The second-order valence-corrected chi connectivity index (χ2v) is 6.87. The van der Waals surface area contributed by atoms with Gasteiger partial charge in [0.25, 0.3) is 0 Å². The van der Waals surface area contributed by atoms with Crippen LogP contribution in [0.5, 0.6) is 5.75 Å². The maximum absolute atomic E-state index is 12.5. The number of hydrogen-bond acceptors (Lipinski definition) is 4. The van der Waals surface area contributed by atoms with Gasteiger partial charge in [-0.1, -0.05) is 24.3 Å². The lowest BCUT2D eigenvalue weighted by molar-refractivity contribution is -0.115. The van der Waals surface area contributed by atoms with Gasteiger partial charge in [0.05, 0.1) is 19.8 Å². The van der Waals surface area contributed by atoms with Crippen molar-refractivity contribution in [2.45, 2.75) is 6.42 Å². The molecule has 31 heavy (non-hydrogen) atoms. The van der Waals surface area contributed by atoms with Gasteiger partial charge in [-0.2, -0.15) is 0 Å². The Morgan fingerprint density at radius 3 is 2.32 bits per heavy atom. The Labute approximate surface area is 179 Å². The number of para-hydroxylation sites is 1. The van der Waals surface area contributed by atoms with Gasteiger partial charge in [0.1, 0.15) is 11.3 Å². The summed E-state index contributed by atoms with van der Waals surface area (Å²) in [5, 5.41) is 9.22. The number of urea groups is 1. The van der Waals surface area contributed by atoms with Gasteiger partial charge in [0.15, 0.2) is 0 Å².